The maximum atomic E-state index is 11.8. The van der Waals surface area contributed by atoms with Crippen molar-refractivity contribution >= 4 is 22.4 Å². The number of aromatic nitrogens is 1. The van der Waals surface area contributed by atoms with E-state index in [1.807, 2.05) is 36.6 Å². The first-order valence-electron chi connectivity index (χ1n) is 8.24. The molecular formula is C18H23N3O2S. The molecule has 1 aromatic heterocycles. The summed E-state index contributed by atoms with van der Waals surface area (Å²) in [7, 11) is 0. The number of hydrogen-bond acceptors (Lipinski definition) is 5. The van der Waals surface area contributed by atoms with Crippen LogP contribution in [0.15, 0.2) is 29.6 Å². The van der Waals surface area contributed by atoms with Gasteiger partial charge < -0.3 is 10.4 Å². The van der Waals surface area contributed by atoms with Gasteiger partial charge in [-0.05, 0) is 25.3 Å². The Labute approximate surface area is 146 Å². The quantitative estimate of drug-likeness (QED) is 0.810. The molecule has 1 aromatic carbocycles. The van der Waals surface area contributed by atoms with Gasteiger partial charge in [0, 0.05) is 31.4 Å². The Bertz CT molecular complexity index is 712. The number of nitrogens with one attached hydrogen (secondary N) is 1. The zero-order valence-electron chi connectivity index (χ0n) is 14.0. The van der Waals surface area contributed by atoms with Gasteiger partial charge in [-0.2, -0.15) is 0 Å². The first-order chi connectivity index (χ1) is 11.5. The highest BCUT2D eigenvalue weighted by Gasteiger charge is 2.33. The minimum absolute atomic E-state index is 0.0567. The summed E-state index contributed by atoms with van der Waals surface area (Å²) in [6.07, 6.45) is 1.59. The summed E-state index contributed by atoms with van der Waals surface area (Å²) in [5, 5.41) is 16.2. The number of benzene rings is 1. The molecule has 1 amide bonds. The summed E-state index contributed by atoms with van der Waals surface area (Å²) in [4.78, 5) is 18.1. The van der Waals surface area contributed by atoms with Gasteiger partial charge in [0.25, 0.3) is 0 Å². The van der Waals surface area contributed by atoms with Crippen molar-refractivity contribution in [2.75, 3.05) is 11.4 Å². The summed E-state index contributed by atoms with van der Waals surface area (Å²) in [6, 6.07) is 8.22. The predicted molar refractivity (Wildman–Crippen MR) is 96.1 cm³/mol. The molecule has 128 valence electrons. The minimum Gasteiger partial charge on any atom is -0.387 e. The van der Waals surface area contributed by atoms with E-state index >= 15 is 0 Å². The Morgan fingerprint density at radius 3 is 2.96 bits per heavy atom. The van der Waals surface area contributed by atoms with Crippen molar-refractivity contribution in [1.29, 1.82) is 0 Å². The van der Waals surface area contributed by atoms with Crippen molar-refractivity contribution in [3.8, 4) is 0 Å². The van der Waals surface area contributed by atoms with Gasteiger partial charge in [0.1, 0.15) is 0 Å². The number of aryl methyl sites for hydroxylation is 1. The molecular weight excluding hydrogens is 322 g/mol. The molecule has 1 fully saturated rings. The highest BCUT2D eigenvalue weighted by molar-refractivity contribution is 7.14. The van der Waals surface area contributed by atoms with E-state index in [9.17, 15) is 9.90 Å². The van der Waals surface area contributed by atoms with E-state index in [1.165, 1.54) is 11.3 Å². The van der Waals surface area contributed by atoms with Crippen molar-refractivity contribution in [2.45, 2.75) is 45.4 Å². The number of anilines is 1. The number of thiazole rings is 1. The number of aliphatic hydroxyl groups is 1. The fourth-order valence-electron chi connectivity index (χ4n) is 2.70. The predicted octanol–water partition coefficient (Wildman–Crippen LogP) is 2.79. The Balaban J connectivity index is 1.53. The molecule has 6 heteroatoms. The Hall–Kier alpha value is -1.76. The number of rotatable bonds is 7. The van der Waals surface area contributed by atoms with Crippen molar-refractivity contribution in [1.82, 2.24) is 10.3 Å². The molecule has 1 saturated carbocycles. The van der Waals surface area contributed by atoms with E-state index < -0.39 is 6.10 Å². The molecule has 2 aromatic rings. The van der Waals surface area contributed by atoms with Crippen LogP contribution in [0.5, 0.6) is 0 Å². The van der Waals surface area contributed by atoms with Crippen LogP contribution in [-0.2, 0) is 11.3 Å². The lowest BCUT2D eigenvalue weighted by Crippen LogP contribution is -2.30. The topological polar surface area (TPSA) is 65.5 Å². The highest BCUT2D eigenvalue weighted by Crippen LogP contribution is 2.33. The van der Waals surface area contributed by atoms with Crippen LogP contribution in [0.2, 0.25) is 0 Å². The summed E-state index contributed by atoms with van der Waals surface area (Å²) in [5.41, 5.74) is 2.95. The largest absolute Gasteiger partial charge is 0.387 e. The van der Waals surface area contributed by atoms with Crippen LogP contribution in [0.4, 0.5) is 5.13 Å². The number of amides is 1. The Kier molecular flexibility index (Phi) is 5.28. The fraction of sp³-hybridized carbons (Fsp3) is 0.444. The Morgan fingerprint density at radius 2 is 2.29 bits per heavy atom. The lowest BCUT2D eigenvalue weighted by molar-refractivity contribution is -0.116. The standard InChI is InChI=1S/C18H23N3O2S/c1-12-4-3-5-14(8-12)17(23)10-19-9-15-11-24-18(20-15)21(13(2)22)16-6-7-16/h3-5,8,11,16-17,19,23H,6-7,9-10H2,1-2H3. The van der Waals surface area contributed by atoms with Crippen molar-refractivity contribution < 1.29 is 9.90 Å². The van der Waals surface area contributed by atoms with Gasteiger partial charge in [0.05, 0.1) is 11.8 Å². The highest BCUT2D eigenvalue weighted by atomic mass is 32.1. The van der Waals surface area contributed by atoms with Gasteiger partial charge in [-0.1, -0.05) is 29.8 Å². The van der Waals surface area contributed by atoms with E-state index in [2.05, 4.69) is 10.3 Å². The molecule has 0 radical (unpaired) electrons. The molecule has 1 atom stereocenters. The lowest BCUT2D eigenvalue weighted by atomic mass is 10.1. The molecule has 1 heterocycles. The zero-order valence-corrected chi connectivity index (χ0v) is 14.8. The van der Waals surface area contributed by atoms with Gasteiger partial charge in [0.15, 0.2) is 5.13 Å². The molecule has 0 saturated heterocycles. The molecule has 0 aliphatic heterocycles. The van der Waals surface area contributed by atoms with E-state index in [0.717, 1.165) is 34.8 Å². The smallest absolute Gasteiger partial charge is 0.225 e. The van der Waals surface area contributed by atoms with E-state index in [1.54, 1.807) is 11.8 Å². The maximum Gasteiger partial charge on any atom is 0.225 e. The summed E-state index contributed by atoms with van der Waals surface area (Å²) in [6.45, 7) is 4.65. The number of aliphatic hydroxyl groups excluding tert-OH is 1. The monoisotopic (exact) mass is 345 g/mol. The van der Waals surface area contributed by atoms with E-state index in [-0.39, 0.29) is 5.91 Å². The average Bonchev–Trinajstić information content (AvgIpc) is 3.26. The zero-order chi connectivity index (χ0) is 17.1. The number of hydrogen-bond donors (Lipinski definition) is 2. The molecule has 0 bridgehead atoms. The molecule has 1 aliphatic rings. The summed E-state index contributed by atoms with van der Waals surface area (Å²) in [5.74, 6) is 0.0567. The van der Waals surface area contributed by atoms with Crippen LogP contribution in [0, 0.1) is 6.92 Å². The average molecular weight is 345 g/mol. The van der Waals surface area contributed by atoms with Gasteiger partial charge in [0.2, 0.25) is 5.91 Å². The van der Waals surface area contributed by atoms with Crippen LogP contribution >= 0.6 is 11.3 Å². The lowest BCUT2D eigenvalue weighted by Gasteiger charge is -2.16. The van der Waals surface area contributed by atoms with Crippen molar-refractivity contribution in [3.63, 3.8) is 0 Å². The molecule has 1 unspecified atom stereocenters. The third-order valence-electron chi connectivity index (χ3n) is 4.07. The van der Waals surface area contributed by atoms with Gasteiger partial charge >= 0.3 is 0 Å². The first kappa shape index (κ1) is 17.1. The van der Waals surface area contributed by atoms with E-state index in [0.29, 0.717) is 19.1 Å². The molecule has 5 nitrogen and oxygen atoms in total. The molecule has 2 N–H and O–H groups in total. The normalized spacial score (nSPS) is 15.3. The maximum absolute atomic E-state index is 11.8. The van der Waals surface area contributed by atoms with Crippen molar-refractivity contribution in [3.05, 3.63) is 46.5 Å². The second-order valence-electron chi connectivity index (χ2n) is 6.30. The fourth-order valence-corrected chi connectivity index (χ4v) is 3.64. The summed E-state index contributed by atoms with van der Waals surface area (Å²) >= 11 is 1.50. The van der Waals surface area contributed by atoms with Gasteiger partial charge in [-0.3, -0.25) is 9.69 Å². The molecule has 0 spiro atoms. The molecule has 3 rings (SSSR count). The van der Waals surface area contributed by atoms with Crippen LogP contribution in [0.25, 0.3) is 0 Å². The number of nitrogens with zero attached hydrogens (tertiary/aromatic N) is 2. The van der Waals surface area contributed by atoms with Crippen LogP contribution in [0.3, 0.4) is 0 Å². The molecule has 1 aliphatic carbocycles. The van der Waals surface area contributed by atoms with Gasteiger partial charge in [-0.15, -0.1) is 11.3 Å². The van der Waals surface area contributed by atoms with E-state index in [4.69, 9.17) is 0 Å². The number of carbonyl (C=O) groups is 1. The van der Waals surface area contributed by atoms with Gasteiger partial charge in [-0.25, -0.2) is 4.98 Å². The second kappa shape index (κ2) is 7.42. The number of carbonyl (C=O) groups excluding carboxylic acids is 1. The second-order valence-corrected chi connectivity index (χ2v) is 7.14. The summed E-state index contributed by atoms with van der Waals surface area (Å²) < 4.78 is 0. The third kappa shape index (κ3) is 4.20. The first-order valence-corrected chi connectivity index (χ1v) is 9.12. The van der Waals surface area contributed by atoms with Crippen LogP contribution in [0.1, 0.15) is 42.7 Å². The molecule has 24 heavy (non-hydrogen) atoms. The SMILES string of the molecule is CC(=O)N(c1nc(CNCC(O)c2cccc(C)c2)cs1)C1CC1. The minimum atomic E-state index is -0.539. The van der Waals surface area contributed by atoms with Crippen LogP contribution in [-0.4, -0.2) is 28.6 Å². The third-order valence-corrected chi connectivity index (χ3v) is 4.96. The van der Waals surface area contributed by atoms with Crippen molar-refractivity contribution in [2.24, 2.45) is 0 Å². The Morgan fingerprint density at radius 1 is 1.50 bits per heavy atom. The van der Waals surface area contributed by atoms with Crippen LogP contribution < -0.4 is 10.2 Å².